The number of hydrogen-bond donors (Lipinski definition) is 1. The topological polar surface area (TPSA) is 37.3 Å². The SMILES string of the molecule is CCCCc1ccc([P+](=O)O)cc1. The normalized spacial score (nSPS) is 11.4. The Morgan fingerprint density at radius 1 is 1.31 bits per heavy atom. The first kappa shape index (κ1) is 10.4. The minimum absolute atomic E-state index is 0.509. The third kappa shape index (κ3) is 3.25. The summed E-state index contributed by atoms with van der Waals surface area (Å²) >= 11 is 0. The molecule has 0 aromatic heterocycles. The van der Waals surface area contributed by atoms with Gasteiger partial charge in [0.25, 0.3) is 0 Å². The van der Waals surface area contributed by atoms with Crippen molar-refractivity contribution in [3.05, 3.63) is 29.8 Å². The van der Waals surface area contributed by atoms with Gasteiger partial charge in [0.15, 0.2) is 0 Å². The van der Waals surface area contributed by atoms with E-state index in [9.17, 15) is 4.57 Å². The predicted molar refractivity (Wildman–Crippen MR) is 54.5 cm³/mol. The van der Waals surface area contributed by atoms with Gasteiger partial charge in [0.1, 0.15) is 0 Å². The van der Waals surface area contributed by atoms with Crippen LogP contribution in [-0.2, 0) is 11.0 Å². The first-order chi connectivity index (χ1) is 6.24. The van der Waals surface area contributed by atoms with Gasteiger partial charge in [-0.05, 0) is 35.1 Å². The van der Waals surface area contributed by atoms with Crippen molar-refractivity contribution in [3.8, 4) is 0 Å². The van der Waals surface area contributed by atoms with Crippen LogP contribution in [0.15, 0.2) is 24.3 Å². The summed E-state index contributed by atoms with van der Waals surface area (Å²) in [6.07, 6.45) is 3.40. The fraction of sp³-hybridized carbons (Fsp3) is 0.400. The van der Waals surface area contributed by atoms with Crippen molar-refractivity contribution in [1.29, 1.82) is 0 Å². The summed E-state index contributed by atoms with van der Waals surface area (Å²) in [5.41, 5.74) is 1.24. The first-order valence-corrected chi connectivity index (χ1v) is 5.70. The van der Waals surface area contributed by atoms with Crippen molar-refractivity contribution in [2.45, 2.75) is 26.2 Å². The van der Waals surface area contributed by atoms with E-state index in [2.05, 4.69) is 6.92 Å². The lowest BCUT2D eigenvalue weighted by Crippen LogP contribution is -1.95. The number of aryl methyl sites for hydroxylation is 1. The second-order valence-corrected chi connectivity index (χ2v) is 4.11. The molecule has 1 rings (SSSR count). The standard InChI is InChI=1S/C10H13O2P/c1-2-3-4-9-5-7-10(8-6-9)13(11)12/h5-8H,2-4H2,1H3/p+1. The van der Waals surface area contributed by atoms with E-state index in [0.717, 1.165) is 6.42 Å². The second kappa shape index (κ2) is 5.11. The van der Waals surface area contributed by atoms with Gasteiger partial charge in [-0.25, -0.2) is 0 Å². The van der Waals surface area contributed by atoms with Crippen LogP contribution in [0.4, 0.5) is 0 Å². The molecule has 3 heteroatoms. The van der Waals surface area contributed by atoms with E-state index in [0.29, 0.717) is 5.30 Å². The molecule has 0 aliphatic rings. The van der Waals surface area contributed by atoms with E-state index >= 15 is 0 Å². The zero-order chi connectivity index (χ0) is 9.68. The quantitative estimate of drug-likeness (QED) is 0.752. The van der Waals surface area contributed by atoms with Gasteiger partial charge in [0.05, 0.1) is 0 Å². The fourth-order valence-corrected chi connectivity index (χ4v) is 1.58. The van der Waals surface area contributed by atoms with Crippen LogP contribution < -0.4 is 5.30 Å². The summed E-state index contributed by atoms with van der Waals surface area (Å²) in [7, 11) is -2.17. The van der Waals surface area contributed by atoms with Gasteiger partial charge in [-0.1, -0.05) is 25.5 Å². The van der Waals surface area contributed by atoms with Crippen LogP contribution in [0.1, 0.15) is 25.3 Å². The highest BCUT2D eigenvalue weighted by Gasteiger charge is 2.14. The van der Waals surface area contributed by atoms with Crippen LogP contribution in [0, 0.1) is 0 Å². The molecule has 0 aliphatic carbocycles. The predicted octanol–water partition coefficient (Wildman–Crippen LogP) is 2.39. The van der Waals surface area contributed by atoms with E-state index in [1.54, 1.807) is 12.1 Å². The Morgan fingerprint density at radius 3 is 2.38 bits per heavy atom. The highest BCUT2D eigenvalue weighted by molar-refractivity contribution is 7.47. The molecule has 0 amide bonds. The van der Waals surface area contributed by atoms with Crippen LogP contribution in [0.3, 0.4) is 0 Å². The Kier molecular flexibility index (Phi) is 4.07. The van der Waals surface area contributed by atoms with E-state index in [4.69, 9.17) is 4.89 Å². The van der Waals surface area contributed by atoms with Crippen molar-refractivity contribution in [1.82, 2.24) is 0 Å². The molecule has 13 heavy (non-hydrogen) atoms. The second-order valence-electron chi connectivity index (χ2n) is 3.04. The summed E-state index contributed by atoms with van der Waals surface area (Å²) in [5, 5.41) is 0.509. The van der Waals surface area contributed by atoms with Gasteiger partial charge in [0.2, 0.25) is 5.30 Å². The number of unbranched alkanes of at least 4 members (excludes halogenated alkanes) is 1. The maximum absolute atomic E-state index is 10.7. The average Bonchev–Trinajstić information content (AvgIpc) is 2.15. The molecule has 0 saturated carbocycles. The van der Waals surface area contributed by atoms with Crippen LogP contribution in [0.25, 0.3) is 0 Å². The van der Waals surface area contributed by atoms with Crippen molar-refractivity contribution < 1.29 is 9.46 Å². The minimum atomic E-state index is -2.17. The summed E-state index contributed by atoms with van der Waals surface area (Å²) in [4.78, 5) is 8.80. The van der Waals surface area contributed by atoms with Gasteiger partial charge in [-0.15, -0.1) is 0 Å². The highest BCUT2D eigenvalue weighted by atomic mass is 31.1. The van der Waals surface area contributed by atoms with Crippen LogP contribution in [0.5, 0.6) is 0 Å². The molecule has 0 saturated heterocycles. The Morgan fingerprint density at radius 2 is 1.92 bits per heavy atom. The van der Waals surface area contributed by atoms with Crippen LogP contribution in [0.2, 0.25) is 0 Å². The van der Waals surface area contributed by atoms with Crippen molar-refractivity contribution >= 4 is 13.3 Å². The summed E-state index contributed by atoms with van der Waals surface area (Å²) in [6, 6.07) is 7.30. The van der Waals surface area contributed by atoms with E-state index in [1.165, 1.54) is 18.4 Å². The Balaban J connectivity index is 2.64. The average molecular weight is 197 g/mol. The third-order valence-electron chi connectivity index (χ3n) is 1.98. The van der Waals surface area contributed by atoms with E-state index < -0.39 is 8.03 Å². The molecular weight excluding hydrogens is 183 g/mol. The molecular formula is C10H14O2P+. The van der Waals surface area contributed by atoms with Gasteiger partial charge >= 0.3 is 8.03 Å². The molecule has 0 bridgehead atoms. The molecule has 1 aromatic carbocycles. The minimum Gasteiger partial charge on any atom is -0.156 e. The number of benzene rings is 1. The Hall–Kier alpha value is -0.720. The van der Waals surface area contributed by atoms with E-state index in [1.807, 2.05) is 12.1 Å². The largest absolute Gasteiger partial charge is 0.546 e. The smallest absolute Gasteiger partial charge is 0.156 e. The Bertz CT molecular complexity index is 279. The molecule has 0 heterocycles. The zero-order valence-corrected chi connectivity index (χ0v) is 8.63. The maximum Gasteiger partial charge on any atom is 0.546 e. The summed E-state index contributed by atoms with van der Waals surface area (Å²) < 4.78 is 10.7. The molecule has 1 N–H and O–H groups in total. The molecule has 1 unspecified atom stereocenters. The summed E-state index contributed by atoms with van der Waals surface area (Å²) in [5.74, 6) is 0. The zero-order valence-electron chi connectivity index (χ0n) is 7.73. The molecule has 70 valence electrons. The maximum atomic E-state index is 10.7. The lowest BCUT2D eigenvalue weighted by atomic mass is 10.1. The van der Waals surface area contributed by atoms with Crippen molar-refractivity contribution in [2.75, 3.05) is 0 Å². The molecule has 1 aromatic rings. The van der Waals surface area contributed by atoms with Crippen molar-refractivity contribution in [3.63, 3.8) is 0 Å². The molecule has 1 atom stereocenters. The molecule has 0 spiro atoms. The highest BCUT2D eigenvalue weighted by Crippen LogP contribution is 2.13. The van der Waals surface area contributed by atoms with Gasteiger partial charge in [0, 0.05) is 0 Å². The molecule has 0 fully saturated rings. The van der Waals surface area contributed by atoms with Gasteiger partial charge in [-0.2, -0.15) is 4.89 Å². The number of hydrogen-bond acceptors (Lipinski definition) is 1. The molecule has 2 nitrogen and oxygen atoms in total. The van der Waals surface area contributed by atoms with Crippen LogP contribution in [-0.4, -0.2) is 4.89 Å². The van der Waals surface area contributed by atoms with E-state index in [-0.39, 0.29) is 0 Å². The monoisotopic (exact) mass is 197 g/mol. The van der Waals surface area contributed by atoms with Gasteiger partial charge < -0.3 is 0 Å². The third-order valence-corrected chi connectivity index (χ3v) is 2.72. The fourth-order valence-electron chi connectivity index (χ4n) is 1.17. The Labute approximate surface area is 79.5 Å². The molecule has 0 aliphatic heterocycles. The molecule has 0 radical (unpaired) electrons. The first-order valence-electron chi connectivity index (χ1n) is 4.49. The number of rotatable bonds is 4. The lowest BCUT2D eigenvalue weighted by Gasteiger charge is -1.96. The lowest BCUT2D eigenvalue weighted by molar-refractivity contribution is 0.513. The van der Waals surface area contributed by atoms with Crippen molar-refractivity contribution in [2.24, 2.45) is 0 Å². The van der Waals surface area contributed by atoms with Crippen LogP contribution >= 0.6 is 8.03 Å². The summed E-state index contributed by atoms with van der Waals surface area (Å²) in [6.45, 7) is 2.15. The van der Waals surface area contributed by atoms with Gasteiger partial charge in [-0.3, -0.25) is 0 Å².